The van der Waals surface area contributed by atoms with Crippen molar-refractivity contribution in [3.05, 3.63) is 71.6 Å². The minimum Gasteiger partial charge on any atom is -0.355 e. The van der Waals surface area contributed by atoms with E-state index in [1.807, 2.05) is 37.0 Å². The largest absolute Gasteiger partial charge is 0.355 e. The minimum atomic E-state index is -0.243. The second kappa shape index (κ2) is 7.48. The number of nitrogens with zero attached hydrogens (tertiary/aromatic N) is 4. The first-order valence-electron chi connectivity index (χ1n) is 9.26. The fourth-order valence-corrected chi connectivity index (χ4v) is 3.74. The van der Waals surface area contributed by atoms with Crippen LogP contribution >= 0.6 is 0 Å². The van der Waals surface area contributed by atoms with E-state index < -0.39 is 0 Å². The Balaban J connectivity index is 1.46. The van der Waals surface area contributed by atoms with Gasteiger partial charge in [0.25, 0.3) is 0 Å². The van der Waals surface area contributed by atoms with E-state index in [2.05, 4.69) is 27.6 Å². The summed E-state index contributed by atoms with van der Waals surface area (Å²) in [6.07, 6.45) is 5.09. The number of hydrogen-bond donors (Lipinski definition) is 1. The smallest absolute Gasteiger partial charge is 0.125 e. The van der Waals surface area contributed by atoms with Gasteiger partial charge in [0.2, 0.25) is 0 Å². The number of anilines is 2. The van der Waals surface area contributed by atoms with Gasteiger partial charge in [-0.25, -0.2) is 4.39 Å². The molecule has 2 aromatic heterocycles. The number of nitrogens with one attached hydrogen (secondary N) is 1. The minimum absolute atomic E-state index is 0.243. The van der Waals surface area contributed by atoms with Crippen molar-refractivity contribution in [2.24, 2.45) is 7.05 Å². The predicted octanol–water partition coefficient (Wildman–Crippen LogP) is 4.00. The molecule has 0 amide bonds. The molecule has 0 aliphatic carbocycles. The SMILES string of the molecule is Cc1cc(Nc2cccc(F)c2)cc([C@@H]2CCN(Cc3cnn(C)c3)C2)n1. The Morgan fingerprint density at radius 3 is 2.89 bits per heavy atom. The summed E-state index contributed by atoms with van der Waals surface area (Å²) >= 11 is 0. The third-order valence-electron chi connectivity index (χ3n) is 4.94. The van der Waals surface area contributed by atoms with Gasteiger partial charge in [-0.05, 0) is 50.2 Å². The molecule has 1 saturated heterocycles. The molecule has 6 heteroatoms. The van der Waals surface area contributed by atoms with Crippen LogP contribution in [0.25, 0.3) is 0 Å². The maximum Gasteiger partial charge on any atom is 0.125 e. The Labute approximate surface area is 158 Å². The summed E-state index contributed by atoms with van der Waals surface area (Å²) in [7, 11) is 1.94. The average Bonchev–Trinajstić information content (AvgIpc) is 3.24. The van der Waals surface area contributed by atoms with E-state index in [-0.39, 0.29) is 5.82 Å². The summed E-state index contributed by atoms with van der Waals surface area (Å²) < 4.78 is 15.3. The maximum atomic E-state index is 13.4. The lowest BCUT2D eigenvalue weighted by molar-refractivity contribution is 0.326. The molecule has 1 aliphatic rings. The summed E-state index contributed by atoms with van der Waals surface area (Å²) in [5, 5.41) is 7.55. The van der Waals surface area contributed by atoms with Crippen LogP contribution in [0.1, 0.15) is 29.3 Å². The van der Waals surface area contributed by atoms with E-state index in [0.29, 0.717) is 5.92 Å². The van der Waals surface area contributed by atoms with E-state index in [0.717, 1.165) is 48.8 Å². The first-order chi connectivity index (χ1) is 13.0. The van der Waals surface area contributed by atoms with Crippen LogP contribution in [-0.2, 0) is 13.6 Å². The van der Waals surface area contributed by atoms with Crippen molar-refractivity contribution in [3.63, 3.8) is 0 Å². The Morgan fingerprint density at radius 2 is 2.11 bits per heavy atom. The molecule has 4 rings (SSSR count). The van der Waals surface area contributed by atoms with Crippen molar-refractivity contribution in [3.8, 4) is 0 Å². The summed E-state index contributed by atoms with van der Waals surface area (Å²) in [6, 6.07) is 10.6. The predicted molar refractivity (Wildman–Crippen MR) is 104 cm³/mol. The van der Waals surface area contributed by atoms with Gasteiger partial charge < -0.3 is 5.32 Å². The van der Waals surface area contributed by atoms with Gasteiger partial charge in [-0.2, -0.15) is 5.10 Å². The molecule has 1 aromatic carbocycles. The van der Waals surface area contributed by atoms with Crippen molar-refractivity contribution < 1.29 is 4.39 Å². The van der Waals surface area contributed by atoms with E-state index in [1.54, 1.807) is 6.07 Å². The molecular weight excluding hydrogens is 341 g/mol. The number of aromatic nitrogens is 3. The highest BCUT2D eigenvalue weighted by atomic mass is 19.1. The number of halogens is 1. The monoisotopic (exact) mass is 365 g/mol. The molecule has 3 heterocycles. The molecule has 0 radical (unpaired) electrons. The van der Waals surface area contributed by atoms with Crippen LogP contribution in [0.3, 0.4) is 0 Å². The fraction of sp³-hybridized carbons (Fsp3) is 0.333. The molecule has 0 unspecified atom stereocenters. The second-order valence-corrected chi connectivity index (χ2v) is 7.30. The Morgan fingerprint density at radius 1 is 1.22 bits per heavy atom. The first kappa shape index (κ1) is 17.7. The molecule has 1 fully saturated rings. The standard InChI is InChI=1S/C21H24FN5/c1-15-8-20(25-19-5-3-4-18(22)9-19)10-21(24-15)17-6-7-27(14-17)13-16-11-23-26(2)12-16/h3-5,8-12,17H,6-7,13-14H2,1-2H3,(H,24,25)/t17-/m1/s1. The zero-order valence-electron chi connectivity index (χ0n) is 15.7. The molecule has 0 saturated carbocycles. The third-order valence-corrected chi connectivity index (χ3v) is 4.94. The molecule has 1 N–H and O–H groups in total. The van der Waals surface area contributed by atoms with E-state index in [9.17, 15) is 4.39 Å². The molecule has 0 spiro atoms. The van der Waals surface area contributed by atoms with E-state index in [1.165, 1.54) is 17.7 Å². The lowest BCUT2D eigenvalue weighted by Crippen LogP contribution is -2.19. The van der Waals surface area contributed by atoms with Gasteiger partial charge in [-0.15, -0.1) is 0 Å². The number of benzene rings is 1. The highest BCUT2D eigenvalue weighted by molar-refractivity contribution is 5.60. The molecular formula is C21H24FN5. The topological polar surface area (TPSA) is 46.0 Å². The molecule has 1 aliphatic heterocycles. The molecule has 0 bridgehead atoms. The van der Waals surface area contributed by atoms with Crippen molar-refractivity contribution >= 4 is 11.4 Å². The number of pyridine rings is 1. The molecule has 3 aromatic rings. The van der Waals surface area contributed by atoms with E-state index in [4.69, 9.17) is 4.98 Å². The number of likely N-dealkylation sites (tertiary alicyclic amines) is 1. The zero-order valence-corrected chi connectivity index (χ0v) is 15.7. The van der Waals surface area contributed by atoms with Gasteiger partial charge in [-0.3, -0.25) is 14.6 Å². The molecule has 1 atom stereocenters. The van der Waals surface area contributed by atoms with Crippen LogP contribution in [-0.4, -0.2) is 32.8 Å². The van der Waals surface area contributed by atoms with Gasteiger partial charge in [0.1, 0.15) is 5.82 Å². The number of rotatable bonds is 5. The Hall–Kier alpha value is -2.73. The van der Waals surface area contributed by atoms with Crippen molar-refractivity contribution in [1.82, 2.24) is 19.7 Å². The first-order valence-corrected chi connectivity index (χ1v) is 9.26. The van der Waals surface area contributed by atoms with Crippen LogP contribution in [0.5, 0.6) is 0 Å². The summed E-state index contributed by atoms with van der Waals surface area (Å²) in [4.78, 5) is 7.21. The van der Waals surface area contributed by atoms with Crippen LogP contribution < -0.4 is 5.32 Å². The van der Waals surface area contributed by atoms with Gasteiger partial charge in [0, 0.05) is 60.6 Å². The van der Waals surface area contributed by atoms with Crippen molar-refractivity contribution in [2.75, 3.05) is 18.4 Å². The summed E-state index contributed by atoms with van der Waals surface area (Å²) in [5.41, 5.74) is 5.01. The number of aryl methyl sites for hydroxylation is 2. The van der Waals surface area contributed by atoms with Crippen LogP contribution in [0.4, 0.5) is 15.8 Å². The Kier molecular flexibility index (Phi) is 4.90. The highest BCUT2D eigenvalue weighted by Crippen LogP contribution is 2.29. The van der Waals surface area contributed by atoms with Gasteiger partial charge in [-0.1, -0.05) is 6.07 Å². The quantitative estimate of drug-likeness (QED) is 0.742. The molecule has 27 heavy (non-hydrogen) atoms. The van der Waals surface area contributed by atoms with E-state index >= 15 is 0 Å². The van der Waals surface area contributed by atoms with Crippen LogP contribution in [0, 0.1) is 12.7 Å². The average molecular weight is 365 g/mol. The Bertz CT molecular complexity index is 936. The van der Waals surface area contributed by atoms with Gasteiger partial charge >= 0.3 is 0 Å². The second-order valence-electron chi connectivity index (χ2n) is 7.30. The lowest BCUT2D eigenvalue weighted by Gasteiger charge is -2.16. The normalized spacial score (nSPS) is 17.4. The maximum absolute atomic E-state index is 13.4. The third kappa shape index (κ3) is 4.34. The van der Waals surface area contributed by atoms with Gasteiger partial charge in [0.15, 0.2) is 0 Å². The van der Waals surface area contributed by atoms with Gasteiger partial charge in [0.05, 0.1) is 6.20 Å². The van der Waals surface area contributed by atoms with Crippen LogP contribution in [0.15, 0.2) is 48.8 Å². The van der Waals surface area contributed by atoms with Crippen molar-refractivity contribution in [2.45, 2.75) is 25.8 Å². The lowest BCUT2D eigenvalue weighted by atomic mass is 10.0. The summed E-state index contributed by atoms with van der Waals surface area (Å²) in [6.45, 7) is 4.97. The molecule has 140 valence electrons. The highest BCUT2D eigenvalue weighted by Gasteiger charge is 2.25. The fourth-order valence-electron chi connectivity index (χ4n) is 3.74. The van der Waals surface area contributed by atoms with Crippen LogP contribution in [0.2, 0.25) is 0 Å². The number of hydrogen-bond acceptors (Lipinski definition) is 4. The zero-order chi connectivity index (χ0) is 18.8. The molecule has 5 nitrogen and oxygen atoms in total. The van der Waals surface area contributed by atoms with Crippen molar-refractivity contribution in [1.29, 1.82) is 0 Å². The summed E-state index contributed by atoms with van der Waals surface area (Å²) in [5.74, 6) is 0.169.